The molecule has 0 radical (unpaired) electrons. The first-order valence-electron chi connectivity index (χ1n) is 4.73. The molecule has 0 fully saturated rings. The van der Waals surface area contributed by atoms with E-state index in [0.29, 0.717) is 0 Å². The van der Waals surface area contributed by atoms with Gasteiger partial charge in [0.05, 0.1) is 0 Å². The van der Waals surface area contributed by atoms with Crippen molar-refractivity contribution in [2.24, 2.45) is 0 Å². The van der Waals surface area contributed by atoms with Crippen LogP contribution < -0.4 is 0 Å². The number of rotatable bonds is 4. The Kier molecular flexibility index (Phi) is 7.93. The summed E-state index contributed by atoms with van der Waals surface area (Å²) < 4.78 is 0. The summed E-state index contributed by atoms with van der Waals surface area (Å²) in [6.07, 6.45) is 5.25. The van der Waals surface area contributed by atoms with E-state index in [1.165, 1.54) is 31.2 Å². The second-order valence-corrected chi connectivity index (χ2v) is 2.94. The fourth-order valence-electron chi connectivity index (χ4n) is 1.22. The highest BCUT2D eigenvalue weighted by Crippen LogP contribution is 2.05. The van der Waals surface area contributed by atoms with E-state index >= 15 is 0 Å². The van der Waals surface area contributed by atoms with Crippen molar-refractivity contribution in [3.63, 3.8) is 0 Å². The van der Waals surface area contributed by atoms with E-state index in [4.69, 9.17) is 5.26 Å². The molecule has 0 unspecified atom stereocenters. The van der Waals surface area contributed by atoms with Gasteiger partial charge in [-0.1, -0.05) is 50.1 Å². The van der Waals surface area contributed by atoms with Gasteiger partial charge in [-0.3, -0.25) is 0 Å². The van der Waals surface area contributed by atoms with Crippen LogP contribution in [0.15, 0.2) is 30.3 Å². The summed E-state index contributed by atoms with van der Waals surface area (Å²) in [4.78, 5) is 0. The highest BCUT2D eigenvalue weighted by molar-refractivity contribution is 5.14. The Balaban J connectivity index is 0.000000671. The average molecular weight is 175 g/mol. The van der Waals surface area contributed by atoms with E-state index in [1.807, 2.05) is 0 Å². The maximum atomic E-state index is 6.50. The Morgan fingerprint density at radius 1 is 1.08 bits per heavy atom. The number of unbranched alkanes of at least 4 members (excludes halogenated alkanes) is 2. The van der Waals surface area contributed by atoms with Crippen LogP contribution in [0.1, 0.15) is 31.7 Å². The van der Waals surface area contributed by atoms with Gasteiger partial charge in [-0.15, -0.1) is 0 Å². The maximum absolute atomic E-state index is 6.50. The van der Waals surface area contributed by atoms with Crippen molar-refractivity contribution in [1.29, 1.82) is 5.26 Å². The minimum atomic E-state index is 1.24. The Bertz CT molecular complexity index is 213. The van der Waals surface area contributed by atoms with Crippen LogP contribution in [0.3, 0.4) is 0 Å². The fraction of sp³-hybridized carbons (Fsp3) is 0.417. The summed E-state index contributed by atoms with van der Waals surface area (Å²) in [6, 6.07) is 10.7. The molecule has 0 bridgehead atoms. The van der Waals surface area contributed by atoms with Gasteiger partial charge in [0, 0.05) is 6.57 Å². The second kappa shape index (κ2) is 8.80. The molecule has 1 heteroatoms. The zero-order valence-electron chi connectivity index (χ0n) is 8.24. The van der Waals surface area contributed by atoms with Crippen LogP contribution in [0, 0.1) is 11.8 Å². The molecule has 0 aliphatic rings. The van der Waals surface area contributed by atoms with Gasteiger partial charge in [0.1, 0.15) is 0 Å². The first-order valence-corrected chi connectivity index (χ1v) is 4.73. The van der Waals surface area contributed by atoms with Gasteiger partial charge in [0.2, 0.25) is 0 Å². The molecule has 0 saturated heterocycles. The molecule has 0 aromatic heterocycles. The van der Waals surface area contributed by atoms with Gasteiger partial charge in [-0.05, 0) is 18.4 Å². The van der Waals surface area contributed by atoms with Crippen LogP contribution in [0.5, 0.6) is 0 Å². The molecule has 0 saturated carbocycles. The Labute approximate surface area is 81.0 Å². The molecular weight excluding hydrogens is 158 g/mol. The Morgan fingerprint density at radius 2 is 1.69 bits per heavy atom. The third-order valence-corrected chi connectivity index (χ3v) is 1.91. The quantitative estimate of drug-likeness (QED) is 0.642. The highest BCUT2D eigenvalue weighted by atomic mass is 14.2. The lowest BCUT2D eigenvalue weighted by Crippen LogP contribution is -1.83. The standard InChI is InChI=1S/C11H16.CHN/c1-2-3-5-8-11-9-6-4-7-10-11;1-2/h4,6-7,9-10H,2-3,5,8H2,1H3;1H. The second-order valence-electron chi connectivity index (χ2n) is 2.94. The van der Waals surface area contributed by atoms with Crippen molar-refractivity contribution < 1.29 is 0 Å². The van der Waals surface area contributed by atoms with Crippen LogP contribution in [0.4, 0.5) is 0 Å². The molecule has 1 aromatic rings. The van der Waals surface area contributed by atoms with E-state index in [9.17, 15) is 0 Å². The zero-order valence-corrected chi connectivity index (χ0v) is 8.24. The SMILES string of the molecule is C#N.CCCCCc1ccccc1. The summed E-state index contributed by atoms with van der Waals surface area (Å²) in [5.74, 6) is 0. The molecule has 1 rings (SSSR count). The molecular formula is C12H17N. The Morgan fingerprint density at radius 3 is 2.23 bits per heavy atom. The van der Waals surface area contributed by atoms with Crippen molar-refractivity contribution in [1.82, 2.24) is 0 Å². The molecule has 1 nitrogen and oxygen atoms in total. The minimum absolute atomic E-state index is 1.24. The lowest BCUT2D eigenvalue weighted by molar-refractivity contribution is 0.717. The maximum Gasteiger partial charge on any atom is 0.0462 e. The minimum Gasteiger partial charge on any atom is -0.202 e. The number of nitriles is 1. The molecule has 0 aliphatic heterocycles. The topological polar surface area (TPSA) is 23.8 Å². The third-order valence-electron chi connectivity index (χ3n) is 1.91. The highest BCUT2D eigenvalue weighted by Gasteiger charge is 1.89. The summed E-state index contributed by atoms with van der Waals surface area (Å²) in [6.45, 7) is 5.74. The van der Waals surface area contributed by atoms with Gasteiger partial charge in [0.25, 0.3) is 0 Å². The monoisotopic (exact) mass is 175 g/mol. The van der Waals surface area contributed by atoms with Crippen molar-refractivity contribution in [2.45, 2.75) is 32.6 Å². The molecule has 70 valence electrons. The predicted molar refractivity (Wildman–Crippen MR) is 56.3 cm³/mol. The molecule has 0 atom stereocenters. The molecule has 0 N–H and O–H groups in total. The number of aryl methyl sites for hydroxylation is 1. The third kappa shape index (κ3) is 5.93. The van der Waals surface area contributed by atoms with E-state index in [0.717, 1.165) is 0 Å². The summed E-state index contributed by atoms with van der Waals surface area (Å²) >= 11 is 0. The van der Waals surface area contributed by atoms with Crippen molar-refractivity contribution in [3.05, 3.63) is 35.9 Å². The van der Waals surface area contributed by atoms with E-state index in [-0.39, 0.29) is 0 Å². The summed E-state index contributed by atoms with van der Waals surface area (Å²) in [7, 11) is 0. The molecule has 0 spiro atoms. The summed E-state index contributed by atoms with van der Waals surface area (Å²) in [5.41, 5.74) is 1.47. The fourth-order valence-corrected chi connectivity index (χ4v) is 1.22. The number of benzene rings is 1. The average Bonchev–Trinajstić information content (AvgIpc) is 2.23. The van der Waals surface area contributed by atoms with Crippen molar-refractivity contribution in [2.75, 3.05) is 0 Å². The van der Waals surface area contributed by atoms with Gasteiger partial charge in [-0.25, -0.2) is 5.26 Å². The van der Waals surface area contributed by atoms with Gasteiger partial charge in [0.15, 0.2) is 0 Å². The first-order chi connectivity index (χ1) is 6.43. The lowest BCUT2D eigenvalue weighted by Gasteiger charge is -1.98. The van der Waals surface area contributed by atoms with Crippen molar-refractivity contribution in [3.8, 4) is 6.57 Å². The number of hydrogen-bond acceptors (Lipinski definition) is 1. The molecule has 0 aliphatic carbocycles. The van der Waals surface area contributed by atoms with Crippen LogP contribution in [-0.4, -0.2) is 0 Å². The van der Waals surface area contributed by atoms with Crippen molar-refractivity contribution >= 4 is 0 Å². The van der Waals surface area contributed by atoms with Crippen LogP contribution >= 0.6 is 0 Å². The Hall–Kier alpha value is -1.29. The molecule has 0 amide bonds. The molecule has 0 heterocycles. The van der Waals surface area contributed by atoms with Gasteiger partial charge >= 0.3 is 0 Å². The van der Waals surface area contributed by atoms with Crippen LogP contribution in [-0.2, 0) is 6.42 Å². The van der Waals surface area contributed by atoms with E-state index in [2.05, 4.69) is 43.8 Å². The normalized spacial score (nSPS) is 8.54. The molecule has 13 heavy (non-hydrogen) atoms. The smallest absolute Gasteiger partial charge is 0.0462 e. The first kappa shape index (κ1) is 11.7. The van der Waals surface area contributed by atoms with E-state index in [1.54, 1.807) is 0 Å². The number of hydrogen-bond donors (Lipinski definition) is 0. The van der Waals surface area contributed by atoms with Gasteiger partial charge < -0.3 is 0 Å². The predicted octanol–water partition coefficient (Wildman–Crippen LogP) is 3.56. The zero-order chi connectivity index (χ0) is 9.94. The van der Waals surface area contributed by atoms with Gasteiger partial charge in [-0.2, -0.15) is 0 Å². The van der Waals surface area contributed by atoms with E-state index < -0.39 is 0 Å². The molecule has 1 aromatic carbocycles. The van der Waals surface area contributed by atoms with Crippen LogP contribution in [0.2, 0.25) is 0 Å². The number of nitrogens with zero attached hydrogens (tertiary/aromatic N) is 1. The lowest BCUT2D eigenvalue weighted by atomic mass is 10.1. The van der Waals surface area contributed by atoms with Crippen LogP contribution in [0.25, 0.3) is 0 Å². The largest absolute Gasteiger partial charge is 0.202 e. The summed E-state index contributed by atoms with van der Waals surface area (Å²) in [5, 5.41) is 6.50.